The number of nitro benzene ring substituents is 1. The Morgan fingerprint density at radius 2 is 1.88 bits per heavy atom. The molecule has 1 heterocycles. The second-order valence-corrected chi connectivity index (χ2v) is 8.23. The van der Waals surface area contributed by atoms with Crippen LogP contribution in [-0.4, -0.2) is 48.5 Å². The topological polar surface area (TPSA) is 108 Å². The first kappa shape index (κ1) is 21.6. The number of ether oxygens (including phenoxy) is 3. The average Bonchev–Trinajstić information content (AvgIpc) is 3.46. The van der Waals surface area contributed by atoms with Crippen molar-refractivity contribution in [3.8, 4) is 11.5 Å². The molecule has 1 spiro atoms. The summed E-state index contributed by atoms with van der Waals surface area (Å²) in [5.41, 5.74) is 0.237. The van der Waals surface area contributed by atoms with Crippen LogP contribution in [0.15, 0.2) is 42.5 Å². The molecule has 1 aliphatic heterocycles. The van der Waals surface area contributed by atoms with Crippen LogP contribution in [0.25, 0.3) is 0 Å². The zero-order valence-electron chi connectivity index (χ0n) is 17.9. The SMILES string of the molecule is COC(=O)[C@@H]1CC2(CC2)CN1C(=O)c1cc(OC)c(OCc2ccccc2)cc1[N+](=O)[O-]. The highest BCUT2D eigenvalue weighted by atomic mass is 16.6. The summed E-state index contributed by atoms with van der Waals surface area (Å²) in [7, 11) is 2.67. The highest BCUT2D eigenvalue weighted by Crippen LogP contribution is 2.55. The number of hydrogen-bond donors (Lipinski definition) is 0. The fourth-order valence-corrected chi connectivity index (χ4v) is 4.19. The fourth-order valence-electron chi connectivity index (χ4n) is 4.19. The number of nitro groups is 1. The van der Waals surface area contributed by atoms with Crippen LogP contribution in [-0.2, 0) is 16.1 Å². The second-order valence-electron chi connectivity index (χ2n) is 8.23. The first-order valence-corrected chi connectivity index (χ1v) is 10.3. The van der Waals surface area contributed by atoms with Crippen molar-refractivity contribution in [2.45, 2.75) is 31.9 Å². The lowest BCUT2D eigenvalue weighted by Gasteiger charge is -2.23. The molecule has 1 amide bonds. The molecule has 0 N–H and O–H groups in total. The zero-order valence-corrected chi connectivity index (χ0v) is 17.9. The molecule has 168 valence electrons. The van der Waals surface area contributed by atoms with Crippen LogP contribution in [0.1, 0.15) is 35.2 Å². The Hall–Kier alpha value is -3.62. The van der Waals surface area contributed by atoms with Gasteiger partial charge in [-0.25, -0.2) is 4.79 Å². The van der Waals surface area contributed by atoms with E-state index in [-0.39, 0.29) is 29.1 Å². The number of rotatable bonds is 7. The Balaban J connectivity index is 1.66. The molecular weight excluding hydrogens is 416 g/mol. The monoisotopic (exact) mass is 440 g/mol. The van der Waals surface area contributed by atoms with Gasteiger partial charge in [-0.1, -0.05) is 30.3 Å². The number of hydrogen-bond acceptors (Lipinski definition) is 7. The molecule has 2 aromatic rings. The molecule has 0 bridgehead atoms. The Labute approximate surface area is 185 Å². The van der Waals surface area contributed by atoms with Gasteiger partial charge < -0.3 is 19.1 Å². The predicted molar refractivity (Wildman–Crippen MR) is 114 cm³/mol. The molecule has 9 nitrogen and oxygen atoms in total. The van der Waals surface area contributed by atoms with Gasteiger partial charge in [0.1, 0.15) is 18.2 Å². The quantitative estimate of drug-likeness (QED) is 0.369. The van der Waals surface area contributed by atoms with Crippen molar-refractivity contribution in [2.75, 3.05) is 20.8 Å². The molecule has 9 heteroatoms. The van der Waals surface area contributed by atoms with E-state index in [4.69, 9.17) is 14.2 Å². The Morgan fingerprint density at radius 1 is 1.16 bits per heavy atom. The average molecular weight is 440 g/mol. The van der Waals surface area contributed by atoms with Gasteiger partial charge >= 0.3 is 5.97 Å². The molecule has 2 aromatic carbocycles. The van der Waals surface area contributed by atoms with Crippen LogP contribution in [0.2, 0.25) is 0 Å². The summed E-state index contributed by atoms with van der Waals surface area (Å²) in [6.45, 7) is 0.554. The van der Waals surface area contributed by atoms with Gasteiger partial charge in [0.2, 0.25) is 0 Å². The lowest BCUT2D eigenvalue weighted by Crippen LogP contribution is -2.41. The summed E-state index contributed by atoms with van der Waals surface area (Å²) in [4.78, 5) is 38.3. The first-order chi connectivity index (χ1) is 15.4. The van der Waals surface area contributed by atoms with E-state index in [1.165, 1.54) is 31.3 Å². The molecule has 4 rings (SSSR count). The van der Waals surface area contributed by atoms with Gasteiger partial charge in [0.05, 0.1) is 25.2 Å². The first-order valence-electron chi connectivity index (χ1n) is 10.3. The minimum Gasteiger partial charge on any atom is -0.493 e. The van der Waals surface area contributed by atoms with Crippen LogP contribution in [0.5, 0.6) is 11.5 Å². The van der Waals surface area contributed by atoms with Gasteiger partial charge in [-0.05, 0) is 30.2 Å². The third-order valence-electron chi connectivity index (χ3n) is 6.15. The van der Waals surface area contributed by atoms with E-state index in [0.29, 0.717) is 13.0 Å². The summed E-state index contributed by atoms with van der Waals surface area (Å²) in [5.74, 6) is -0.752. The fraction of sp³-hybridized carbons (Fsp3) is 0.391. The summed E-state index contributed by atoms with van der Waals surface area (Å²) >= 11 is 0. The normalized spacial score (nSPS) is 18.3. The van der Waals surface area contributed by atoms with Gasteiger partial charge in [0.25, 0.3) is 11.6 Å². The van der Waals surface area contributed by atoms with Crippen molar-refractivity contribution in [1.29, 1.82) is 0 Å². The molecule has 1 atom stereocenters. The van der Waals surface area contributed by atoms with Crippen molar-refractivity contribution in [1.82, 2.24) is 4.90 Å². The number of carbonyl (C=O) groups excluding carboxylic acids is 2. The number of amides is 1. The molecule has 2 fully saturated rings. The van der Waals surface area contributed by atoms with Crippen molar-refractivity contribution in [3.05, 3.63) is 63.7 Å². The van der Waals surface area contributed by atoms with Crippen molar-refractivity contribution >= 4 is 17.6 Å². The second kappa shape index (κ2) is 8.49. The van der Waals surface area contributed by atoms with Gasteiger partial charge in [0.15, 0.2) is 11.5 Å². The Kier molecular flexibility index (Phi) is 5.73. The molecule has 0 unspecified atom stereocenters. The standard InChI is InChI=1S/C23H24N2O7/c1-30-19-10-16(21(26)24-14-23(8-9-23)12-18(24)22(27)31-2)17(25(28)29)11-20(19)32-13-15-6-4-3-5-7-15/h3-7,10-11,18H,8-9,12-14H2,1-2H3/t18-/m0/s1. The maximum atomic E-state index is 13.4. The van der Waals surface area contributed by atoms with Gasteiger partial charge in [-0.15, -0.1) is 0 Å². The van der Waals surface area contributed by atoms with Crippen molar-refractivity contribution in [3.63, 3.8) is 0 Å². The Morgan fingerprint density at radius 3 is 2.47 bits per heavy atom. The van der Waals surface area contributed by atoms with E-state index < -0.39 is 28.5 Å². The molecule has 1 saturated carbocycles. The predicted octanol–water partition coefficient (Wildman–Crippen LogP) is 3.35. The van der Waals surface area contributed by atoms with Gasteiger partial charge in [-0.3, -0.25) is 14.9 Å². The van der Waals surface area contributed by atoms with E-state index in [9.17, 15) is 19.7 Å². The van der Waals surface area contributed by atoms with E-state index in [1.807, 2.05) is 30.3 Å². The maximum absolute atomic E-state index is 13.4. The lowest BCUT2D eigenvalue weighted by molar-refractivity contribution is -0.385. The van der Waals surface area contributed by atoms with Crippen molar-refractivity contribution in [2.24, 2.45) is 5.41 Å². The highest BCUT2D eigenvalue weighted by molar-refractivity contribution is 6.01. The molecular formula is C23H24N2O7. The van der Waals surface area contributed by atoms with E-state index in [1.54, 1.807) is 0 Å². The van der Waals surface area contributed by atoms with Crippen LogP contribution < -0.4 is 9.47 Å². The largest absolute Gasteiger partial charge is 0.493 e. The lowest BCUT2D eigenvalue weighted by atomic mass is 10.0. The summed E-state index contributed by atoms with van der Waals surface area (Å²) < 4.78 is 16.0. The third kappa shape index (κ3) is 4.10. The number of methoxy groups -OCH3 is 2. The molecule has 32 heavy (non-hydrogen) atoms. The smallest absolute Gasteiger partial charge is 0.328 e. The number of carbonyl (C=O) groups is 2. The minimum atomic E-state index is -0.755. The number of benzene rings is 2. The summed E-state index contributed by atoms with van der Waals surface area (Å²) in [6.07, 6.45) is 2.35. The van der Waals surface area contributed by atoms with E-state index in [2.05, 4.69) is 0 Å². The van der Waals surface area contributed by atoms with Crippen LogP contribution in [0, 0.1) is 15.5 Å². The number of likely N-dealkylation sites (tertiary alicyclic amines) is 1. The summed E-state index contributed by atoms with van der Waals surface area (Å²) in [6, 6.07) is 11.1. The minimum absolute atomic E-state index is 0.0912. The zero-order chi connectivity index (χ0) is 22.9. The van der Waals surface area contributed by atoms with Crippen LogP contribution in [0.4, 0.5) is 5.69 Å². The molecule has 1 saturated heterocycles. The van der Waals surface area contributed by atoms with E-state index in [0.717, 1.165) is 18.4 Å². The molecule has 1 aliphatic carbocycles. The molecule has 0 radical (unpaired) electrons. The third-order valence-corrected chi connectivity index (χ3v) is 6.15. The van der Waals surface area contributed by atoms with E-state index >= 15 is 0 Å². The molecule has 0 aromatic heterocycles. The summed E-state index contributed by atoms with van der Waals surface area (Å²) in [5, 5.41) is 11.8. The molecule has 2 aliphatic rings. The number of nitrogens with zero attached hydrogens (tertiary/aromatic N) is 2. The van der Waals surface area contributed by atoms with Crippen LogP contribution in [0.3, 0.4) is 0 Å². The van der Waals surface area contributed by atoms with Crippen molar-refractivity contribution < 1.29 is 28.7 Å². The van der Waals surface area contributed by atoms with Crippen LogP contribution >= 0.6 is 0 Å². The number of esters is 1. The maximum Gasteiger partial charge on any atom is 0.328 e. The highest BCUT2D eigenvalue weighted by Gasteiger charge is 2.56. The van der Waals surface area contributed by atoms with Gasteiger partial charge in [0, 0.05) is 12.6 Å². The van der Waals surface area contributed by atoms with Gasteiger partial charge in [-0.2, -0.15) is 0 Å². The Bertz CT molecular complexity index is 1050.